The first kappa shape index (κ1) is 21.2. The summed E-state index contributed by atoms with van der Waals surface area (Å²) >= 11 is 0. The molecule has 1 aliphatic rings. The van der Waals surface area contributed by atoms with Gasteiger partial charge in [0.1, 0.15) is 32.0 Å². The number of carbonyl (C=O) groups excluding carboxylic acids is 1. The summed E-state index contributed by atoms with van der Waals surface area (Å²) in [4.78, 5) is 15.4. The highest BCUT2D eigenvalue weighted by atomic mass is 19.1. The van der Waals surface area contributed by atoms with Crippen molar-refractivity contribution in [1.29, 1.82) is 0 Å². The van der Waals surface area contributed by atoms with Gasteiger partial charge in [0.15, 0.2) is 6.04 Å². The molecule has 2 aromatic rings. The van der Waals surface area contributed by atoms with Gasteiger partial charge in [-0.15, -0.1) is 0 Å². The number of halogens is 1. The molecule has 0 aromatic heterocycles. The molecule has 0 saturated carbocycles. The molecule has 1 atom stereocenters. The maximum absolute atomic E-state index is 12.9. The maximum Gasteiger partial charge on any atom is 0.278 e. The number of piperazine rings is 1. The van der Waals surface area contributed by atoms with E-state index in [0.717, 1.165) is 44.7 Å². The Morgan fingerprint density at radius 1 is 1.07 bits per heavy atom. The summed E-state index contributed by atoms with van der Waals surface area (Å²) in [6, 6.07) is 16.8. The summed E-state index contributed by atoms with van der Waals surface area (Å²) in [5.41, 5.74) is 2.27. The van der Waals surface area contributed by atoms with Crippen LogP contribution in [-0.4, -0.2) is 51.2 Å². The molecule has 29 heavy (non-hydrogen) atoms. The zero-order chi connectivity index (χ0) is 20.5. The summed E-state index contributed by atoms with van der Waals surface area (Å²) in [6.07, 6.45) is 5.16. The second-order valence-corrected chi connectivity index (χ2v) is 7.81. The fourth-order valence-corrected chi connectivity index (χ4v) is 3.81. The lowest BCUT2D eigenvalue weighted by atomic mass is 10.1. The fraction of sp³-hybridized carbons (Fsp3) is 0.375. The summed E-state index contributed by atoms with van der Waals surface area (Å²) < 4.78 is 12.9. The number of carbonyl (C=O) groups is 1. The van der Waals surface area contributed by atoms with E-state index >= 15 is 0 Å². The SMILES string of the molecule is C[C@H](C(=O)NCCc1ccc(F)cc1)[NH+]1CC[NH+](C/C=C/c2ccccc2)CC1. The standard InChI is InChI=1S/C24H30FN3O/c1-20(24(29)26-14-13-22-9-11-23(25)12-10-22)28-18-16-27(17-19-28)15-5-8-21-6-3-2-4-7-21/h2-12,20H,13-19H2,1H3,(H,26,29)/p+2/b8-5+/t20-/m1/s1. The number of amides is 1. The number of hydrogen-bond donors (Lipinski definition) is 3. The van der Waals surface area contributed by atoms with Crippen LogP contribution < -0.4 is 15.1 Å². The highest BCUT2D eigenvalue weighted by Crippen LogP contribution is 2.02. The summed E-state index contributed by atoms with van der Waals surface area (Å²) in [5, 5.41) is 3.03. The highest BCUT2D eigenvalue weighted by Gasteiger charge is 2.30. The van der Waals surface area contributed by atoms with Crippen LogP contribution in [0.25, 0.3) is 6.08 Å². The molecule has 5 heteroatoms. The van der Waals surface area contributed by atoms with Crippen LogP contribution in [0.5, 0.6) is 0 Å². The van der Waals surface area contributed by atoms with Crippen LogP contribution >= 0.6 is 0 Å². The molecule has 2 aromatic carbocycles. The molecule has 0 aliphatic carbocycles. The lowest BCUT2D eigenvalue weighted by Crippen LogP contribution is -3.30. The van der Waals surface area contributed by atoms with Crippen LogP contribution in [-0.2, 0) is 11.2 Å². The number of hydrogen-bond acceptors (Lipinski definition) is 1. The van der Waals surface area contributed by atoms with Crippen molar-refractivity contribution in [2.45, 2.75) is 19.4 Å². The Morgan fingerprint density at radius 3 is 2.45 bits per heavy atom. The van der Waals surface area contributed by atoms with Crippen molar-refractivity contribution in [3.05, 3.63) is 77.6 Å². The molecule has 1 fully saturated rings. The topological polar surface area (TPSA) is 38.0 Å². The normalized spacial score (nSPS) is 20.5. The Kier molecular flexibility index (Phi) is 7.96. The average molecular weight is 398 g/mol. The first-order valence-electron chi connectivity index (χ1n) is 10.5. The quantitative estimate of drug-likeness (QED) is 0.592. The molecule has 0 spiro atoms. The Balaban J connectivity index is 1.35. The van der Waals surface area contributed by atoms with E-state index in [2.05, 4.69) is 41.7 Å². The maximum atomic E-state index is 12.9. The predicted molar refractivity (Wildman–Crippen MR) is 114 cm³/mol. The number of quaternary nitrogens is 2. The summed E-state index contributed by atoms with van der Waals surface area (Å²) in [7, 11) is 0. The van der Waals surface area contributed by atoms with Gasteiger partial charge in [-0.25, -0.2) is 4.39 Å². The van der Waals surface area contributed by atoms with E-state index in [1.807, 2.05) is 13.0 Å². The van der Waals surface area contributed by atoms with E-state index in [-0.39, 0.29) is 17.8 Å². The van der Waals surface area contributed by atoms with Gasteiger partial charge in [-0.1, -0.05) is 48.5 Å². The van der Waals surface area contributed by atoms with Crippen LogP contribution in [0.1, 0.15) is 18.1 Å². The highest BCUT2D eigenvalue weighted by molar-refractivity contribution is 5.79. The molecule has 1 heterocycles. The molecule has 154 valence electrons. The third kappa shape index (κ3) is 6.80. The molecule has 1 aliphatic heterocycles. The van der Waals surface area contributed by atoms with Crippen LogP contribution in [0.15, 0.2) is 60.7 Å². The molecule has 0 radical (unpaired) electrons. The Labute approximate surface area is 173 Å². The minimum absolute atomic E-state index is 0.0374. The van der Waals surface area contributed by atoms with Gasteiger partial charge in [0, 0.05) is 6.54 Å². The monoisotopic (exact) mass is 397 g/mol. The van der Waals surface area contributed by atoms with Crippen molar-refractivity contribution in [2.75, 3.05) is 39.3 Å². The van der Waals surface area contributed by atoms with Gasteiger partial charge in [-0.05, 0) is 42.7 Å². The van der Waals surface area contributed by atoms with E-state index in [0.29, 0.717) is 6.54 Å². The first-order valence-corrected chi connectivity index (χ1v) is 10.5. The molecule has 3 rings (SSSR count). The van der Waals surface area contributed by atoms with Gasteiger partial charge in [0.05, 0.1) is 6.54 Å². The molecular weight excluding hydrogens is 365 g/mol. The smallest absolute Gasteiger partial charge is 0.278 e. The van der Waals surface area contributed by atoms with Crippen molar-refractivity contribution in [3.63, 3.8) is 0 Å². The lowest BCUT2D eigenvalue weighted by molar-refractivity contribution is -1.02. The first-order chi connectivity index (χ1) is 14.1. The van der Waals surface area contributed by atoms with Crippen LogP contribution in [0.4, 0.5) is 4.39 Å². The predicted octanol–water partition coefficient (Wildman–Crippen LogP) is 0.370. The van der Waals surface area contributed by atoms with E-state index in [1.165, 1.54) is 22.6 Å². The van der Waals surface area contributed by atoms with Crippen LogP contribution in [0.3, 0.4) is 0 Å². The zero-order valence-electron chi connectivity index (χ0n) is 17.2. The van der Waals surface area contributed by atoms with Crippen molar-refractivity contribution >= 4 is 12.0 Å². The van der Waals surface area contributed by atoms with Gasteiger partial charge in [-0.3, -0.25) is 4.79 Å². The Morgan fingerprint density at radius 2 is 1.76 bits per heavy atom. The molecule has 4 nitrogen and oxygen atoms in total. The molecule has 0 unspecified atom stereocenters. The third-order valence-electron chi connectivity index (χ3n) is 5.75. The summed E-state index contributed by atoms with van der Waals surface area (Å²) in [5.74, 6) is -0.124. The lowest BCUT2D eigenvalue weighted by Gasteiger charge is -2.32. The van der Waals surface area contributed by atoms with Crippen molar-refractivity contribution in [1.82, 2.24) is 5.32 Å². The minimum Gasteiger partial charge on any atom is -0.351 e. The third-order valence-corrected chi connectivity index (χ3v) is 5.75. The van der Waals surface area contributed by atoms with Gasteiger partial charge < -0.3 is 15.1 Å². The van der Waals surface area contributed by atoms with Crippen molar-refractivity contribution < 1.29 is 19.0 Å². The molecule has 1 saturated heterocycles. The van der Waals surface area contributed by atoms with Crippen LogP contribution in [0.2, 0.25) is 0 Å². The van der Waals surface area contributed by atoms with Crippen molar-refractivity contribution in [2.24, 2.45) is 0 Å². The van der Waals surface area contributed by atoms with E-state index in [1.54, 1.807) is 17.0 Å². The minimum atomic E-state index is -0.230. The Bertz CT molecular complexity index is 784. The fourth-order valence-electron chi connectivity index (χ4n) is 3.81. The zero-order valence-corrected chi connectivity index (χ0v) is 17.2. The molecule has 1 amide bonds. The summed E-state index contributed by atoms with van der Waals surface area (Å²) in [6.45, 7) is 7.83. The van der Waals surface area contributed by atoms with Crippen molar-refractivity contribution in [3.8, 4) is 0 Å². The average Bonchev–Trinajstić information content (AvgIpc) is 2.76. The molecule has 0 bridgehead atoms. The second-order valence-electron chi connectivity index (χ2n) is 7.81. The number of nitrogens with one attached hydrogen (secondary N) is 3. The van der Waals surface area contributed by atoms with Gasteiger partial charge in [0.2, 0.25) is 0 Å². The largest absolute Gasteiger partial charge is 0.351 e. The number of benzene rings is 2. The van der Waals surface area contributed by atoms with Gasteiger partial charge >= 0.3 is 0 Å². The Hall–Kier alpha value is -2.50. The van der Waals surface area contributed by atoms with E-state index in [4.69, 9.17) is 0 Å². The second kappa shape index (κ2) is 10.9. The molecule has 3 N–H and O–H groups in total. The molecular formula is C24H32FN3O+2. The van der Waals surface area contributed by atoms with Gasteiger partial charge in [-0.2, -0.15) is 0 Å². The number of rotatable bonds is 8. The van der Waals surface area contributed by atoms with Crippen LogP contribution in [0, 0.1) is 5.82 Å². The van der Waals surface area contributed by atoms with Gasteiger partial charge in [0.25, 0.3) is 5.91 Å². The van der Waals surface area contributed by atoms with E-state index in [9.17, 15) is 9.18 Å². The van der Waals surface area contributed by atoms with E-state index < -0.39 is 0 Å².